The van der Waals surface area contributed by atoms with Crippen molar-refractivity contribution in [3.8, 4) is 11.5 Å². The standard InChI is InChI=1S/C17H14O5/c1-2-11-21-14-7-5-13(6-8-14)17(20)22-15-9-3-12(4-10-15)16(18)19/h2-10H,1,11H2,(H,18,19). The van der Waals surface area contributed by atoms with E-state index >= 15 is 0 Å². The Morgan fingerprint density at radius 2 is 1.50 bits per heavy atom. The quantitative estimate of drug-likeness (QED) is 0.504. The number of benzene rings is 2. The highest BCUT2D eigenvalue weighted by Gasteiger charge is 2.09. The molecule has 0 amide bonds. The van der Waals surface area contributed by atoms with Crippen LogP contribution in [0.4, 0.5) is 0 Å². The third kappa shape index (κ3) is 3.96. The normalized spacial score (nSPS) is 9.82. The Morgan fingerprint density at radius 3 is 2.05 bits per heavy atom. The van der Waals surface area contributed by atoms with Crippen molar-refractivity contribution < 1.29 is 24.2 Å². The lowest BCUT2D eigenvalue weighted by Crippen LogP contribution is -2.08. The first-order valence-corrected chi connectivity index (χ1v) is 6.49. The van der Waals surface area contributed by atoms with E-state index in [4.69, 9.17) is 14.6 Å². The van der Waals surface area contributed by atoms with Gasteiger partial charge in [0.1, 0.15) is 18.1 Å². The van der Waals surface area contributed by atoms with Gasteiger partial charge in [0.15, 0.2) is 0 Å². The van der Waals surface area contributed by atoms with Crippen LogP contribution in [0.2, 0.25) is 0 Å². The molecule has 0 fully saturated rings. The minimum Gasteiger partial charge on any atom is -0.490 e. The average molecular weight is 298 g/mol. The Hall–Kier alpha value is -3.08. The van der Waals surface area contributed by atoms with Gasteiger partial charge in [-0.2, -0.15) is 0 Å². The van der Waals surface area contributed by atoms with Crippen LogP contribution < -0.4 is 9.47 Å². The largest absolute Gasteiger partial charge is 0.490 e. The molecule has 112 valence electrons. The van der Waals surface area contributed by atoms with E-state index < -0.39 is 11.9 Å². The third-order valence-electron chi connectivity index (χ3n) is 2.77. The Bertz CT molecular complexity index is 671. The van der Waals surface area contributed by atoms with E-state index in [2.05, 4.69) is 6.58 Å². The Kier molecular flexibility index (Phi) is 4.93. The molecular formula is C17H14O5. The van der Waals surface area contributed by atoms with Gasteiger partial charge in [0.25, 0.3) is 0 Å². The minimum absolute atomic E-state index is 0.128. The first-order valence-electron chi connectivity index (χ1n) is 6.49. The molecule has 0 aliphatic rings. The average Bonchev–Trinajstić information content (AvgIpc) is 2.54. The van der Waals surface area contributed by atoms with Gasteiger partial charge < -0.3 is 14.6 Å². The van der Waals surface area contributed by atoms with Crippen molar-refractivity contribution in [1.82, 2.24) is 0 Å². The predicted octanol–water partition coefficient (Wildman–Crippen LogP) is 3.17. The van der Waals surface area contributed by atoms with Crippen molar-refractivity contribution in [3.05, 3.63) is 72.3 Å². The number of ether oxygens (including phenoxy) is 2. The molecule has 0 radical (unpaired) electrons. The highest BCUT2D eigenvalue weighted by atomic mass is 16.5. The summed E-state index contributed by atoms with van der Waals surface area (Å²) in [6.07, 6.45) is 1.63. The topological polar surface area (TPSA) is 72.8 Å². The van der Waals surface area contributed by atoms with E-state index in [9.17, 15) is 9.59 Å². The van der Waals surface area contributed by atoms with Crippen molar-refractivity contribution in [2.45, 2.75) is 0 Å². The SMILES string of the molecule is C=CCOc1ccc(C(=O)Oc2ccc(C(=O)O)cc2)cc1. The van der Waals surface area contributed by atoms with E-state index in [1.54, 1.807) is 30.3 Å². The number of carboxylic acid groups (broad SMARTS) is 1. The molecule has 0 aliphatic carbocycles. The van der Waals surface area contributed by atoms with Crippen LogP contribution in [-0.4, -0.2) is 23.7 Å². The molecule has 0 saturated carbocycles. The summed E-state index contributed by atoms with van der Waals surface area (Å²) in [7, 11) is 0. The molecule has 0 bridgehead atoms. The Labute approximate surface area is 127 Å². The maximum absolute atomic E-state index is 12.0. The van der Waals surface area contributed by atoms with Crippen LogP contribution in [0.1, 0.15) is 20.7 Å². The summed E-state index contributed by atoms with van der Waals surface area (Å²) in [5, 5.41) is 8.80. The van der Waals surface area contributed by atoms with Gasteiger partial charge in [-0.25, -0.2) is 9.59 Å². The van der Waals surface area contributed by atoms with Crippen LogP contribution in [0, 0.1) is 0 Å². The highest BCUT2D eigenvalue weighted by molar-refractivity contribution is 5.91. The summed E-state index contributed by atoms with van der Waals surface area (Å²) < 4.78 is 10.5. The van der Waals surface area contributed by atoms with E-state index in [0.29, 0.717) is 17.9 Å². The number of carbonyl (C=O) groups is 2. The van der Waals surface area contributed by atoms with Crippen molar-refractivity contribution >= 4 is 11.9 Å². The number of aromatic carboxylic acids is 1. The lowest BCUT2D eigenvalue weighted by Gasteiger charge is -2.06. The molecule has 0 heterocycles. The van der Waals surface area contributed by atoms with Crippen molar-refractivity contribution in [2.24, 2.45) is 0 Å². The van der Waals surface area contributed by atoms with Gasteiger partial charge in [0.05, 0.1) is 11.1 Å². The monoisotopic (exact) mass is 298 g/mol. The first-order chi connectivity index (χ1) is 10.6. The molecule has 1 N–H and O–H groups in total. The smallest absolute Gasteiger partial charge is 0.343 e. The molecule has 2 aromatic carbocycles. The Balaban J connectivity index is 2.02. The van der Waals surface area contributed by atoms with Gasteiger partial charge in [0, 0.05) is 0 Å². The summed E-state index contributed by atoms with van der Waals surface area (Å²) >= 11 is 0. The maximum Gasteiger partial charge on any atom is 0.343 e. The van der Waals surface area contributed by atoms with Gasteiger partial charge in [-0.15, -0.1) is 0 Å². The molecule has 0 spiro atoms. The molecule has 0 aromatic heterocycles. The molecule has 5 nitrogen and oxygen atoms in total. The molecule has 0 aliphatic heterocycles. The molecule has 0 saturated heterocycles. The fourth-order valence-corrected chi connectivity index (χ4v) is 1.67. The van der Waals surface area contributed by atoms with Crippen LogP contribution >= 0.6 is 0 Å². The number of carbonyl (C=O) groups excluding carboxylic acids is 1. The van der Waals surface area contributed by atoms with Crippen LogP contribution in [0.25, 0.3) is 0 Å². The number of esters is 1. The van der Waals surface area contributed by atoms with Crippen LogP contribution in [0.3, 0.4) is 0 Å². The van der Waals surface area contributed by atoms with Crippen molar-refractivity contribution in [3.63, 3.8) is 0 Å². The number of rotatable bonds is 6. The highest BCUT2D eigenvalue weighted by Crippen LogP contribution is 2.16. The van der Waals surface area contributed by atoms with Gasteiger partial charge in [-0.3, -0.25) is 0 Å². The Morgan fingerprint density at radius 1 is 0.955 bits per heavy atom. The van der Waals surface area contributed by atoms with Crippen molar-refractivity contribution in [2.75, 3.05) is 6.61 Å². The fraction of sp³-hybridized carbons (Fsp3) is 0.0588. The lowest BCUT2D eigenvalue weighted by molar-refractivity contribution is 0.0696. The zero-order chi connectivity index (χ0) is 15.9. The molecule has 0 unspecified atom stereocenters. The van der Waals surface area contributed by atoms with Crippen molar-refractivity contribution in [1.29, 1.82) is 0 Å². The molecule has 2 aromatic rings. The molecule has 2 rings (SSSR count). The van der Waals surface area contributed by atoms with E-state index in [1.165, 1.54) is 24.3 Å². The van der Waals surface area contributed by atoms with Gasteiger partial charge in [-0.05, 0) is 48.5 Å². The summed E-state index contributed by atoms with van der Waals surface area (Å²) in [5.74, 6) is -0.657. The van der Waals surface area contributed by atoms with Crippen LogP contribution in [0.5, 0.6) is 11.5 Å². The fourth-order valence-electron chi connectivity index (χ4n) is 1.67. The minimum atomic E-state index is -1.03. The van der Waals surface area contributed by atoms with Crippen LogP contribution in [-0.2, 0) is 0 Å². The van der Waals surface area contributed by atoms with Gasteiger partial charge in [0.2, 0.25) is 0 Å². The third-order valence-corrected chi connectivity index (χ3v) is 2.77. The summed E-state index contributed by atoms with van der Waals surface area (Å²) in [6.45, 7) is 3.94. The molecule has 22 heavy (non-hydrogen) atoms. The number of hydrogen-bond acceptors (Lipinski definition) is 4. The zero-order valence-corrected chi connectivity index (χ0v) is 11.7. The van der Waals surface area contributed by atoms with E-state index in [1.807, 2.05) is 0 Å². The summed E-state index contributed by atoms with van der Waals surface area (Å²) in [4.78, 5) is 22.7. The molecule has 0 atom stereocenters. The van der Waals surface area contributed by atoms with Crippen LogP contribution in [0.15, 0.2) is 61.2 Å². The lowest BCUT2D eigenvalue weighted by atomic mass is 10.2. The van der Waals surface area contributed by atoms with Gasteiger partial charge in [-0.1, -0.05) is 12.7 Å². The van der Waals surface area contributed by atoms with E-state index in [-0.39, 0.29) is 11.3 Å². The second kappa shape index (κ2) is 7.08. The molecule has 5 heteroatoms. The number of carboxylic acids is 1. The molecular weight excluding hydrogens is 284 g/mol. The second-order valence-electron chi connectivity index (χ2n) is 4.34. The van der Waals surface area contributed by atoms with Gasteiger partial charge >= 0.3 is 11.9 Å². The summed E-state index contributed by atoms with van der Waals surface area (Å²) in [5.41, 5.74) is 0.497. The summed E-state index contributed by atoms with van der Waals surface area (Å²) in [6, 6.07) is 12.1. The second-order valence-corrected chi connectivity index (χ2v) is 4.34. The number of hydrogen-bond donors (Lipinski definition) is 1. The predicted molar refractivity (Wildman–Crippen MR) is 80.5 cm³/mol. The zero-order valence-electron chi connectivity index (χ0n) is 11.7. The maximum atomic E-state index is 12.0. The first kappa shape index (κ1) is 15.3. The van der Waals surface area contributed by atoms with E-state index in [0.717, 1.165) is 0 Å².